The number of nitrogens with two attached hydrogens (primary N) is 1. The molecule has 0 aliphatic heterocycles. The molecule has 0 saturated carbocycles. The van der Waals surface area contributed by atoms with Crippen molar-refractivity contribution in [1.29, 1.82) is 0 Å². The molecule has 6 heteroatoms. The minimum atomic E-state index is -0.0995. The molecule has 0 heterocycles. The summed E-state index contributed by atoms with van der Waals surface area (Å²) >= 11 is 5.89. The first-order valence-corrected chi connectivity index (χ1v) is 6.10. The van der Waals surface area contributed by atoms with Crippen LogP contribution in [0.2, 0.25) is 5.02 Å². The van der Waals surface area contributed by atoms with Crippen molar-refractivity contribution in [3.05, 3.63) is 28.8 Å². The van der Waals surface area contributed by atoms with Crippen molar-refractivity contribution in [2.24, 2.45) is 10.7 Å². The second kappa shape index (κ2) is 7.79. The lowest BCUT2D eigenvalue weighted by molar-refractivity contribution is 0.410. The molecule has 108 valence electrons. The largest absolute Gasteiger partial charge is 0.496 e. The predicted molar refractivity (Wildman–Crippen MR) is 91.6 cm³/mol. The highest BCUT2D eigenvalue weighted by Crippen LogP contribution is 2.23. The van der Waals surface area contributed by atoms with Crippen LogP contribution in [-0.4, -0.2) is 18.6 Å². The number of methoxy groups -OCH3 is 1. The fourth-order valence-corrected chi connectivity index (χ4v) is 1.61. The molecule has 19 heavy (non-hydrogen) atoms. The van der Waals surface area contributed by atoms with E-state index in [1.54, 1.807) is 13.2 Å². The van der Waals surface area contributed by atoms with Gasteiger partial charge in [-0.3, -0.25) is 0 Å². The molecule has 0 radical (unpaired) electrons. The molecule has 0 unspecified atom stereocenters. The van der Waals surface area contributed by atoms with Crippen LogP contribution in [0.1, 0.15) is 26.3 Å². The molecule has 0 atom stereocenters. The summed E-state index contributed by atoms with van der Waals surface area (Å²) in [6.45, 7) is 6.53. The number of rotatable bonds is 3. The summed E-state index contributed by atoms with van der Waals surface area (Å²) in [5.41, 5.74) is 6.65. The zero-order chi connectivity index (χ0) is 13.8. The van der Waals surface area contributed by atoms with E-state index in [0.29, 0.717) is 17.5 Å². The summed E-state index contributed by atoms with van der Waals surface area (Å²) in [5.74, 6) is 1.13. The quantitative estimate of drug-likeness (QED) is 0.468. The number of halogens is 2. The van der Waals surface area contributed by atoms with Crippen LogP contribution in [0.15, 0.2) is 23.2 Å². The summed E-state index contributed by atoms with van der Waals surface area (Å²) < 4.78 is 5.24. The summed E-state index contributed by atoms with van der Waals surface area (Å²) in [4.78, 5) is 4.28. The van der Waals surface area contributed by atoms with Gasteiger partial charge in [0.25, 0.3) is 0 Å². The lowest BCUT2D eigenvalue weighted by atomic mass is 10.1. The summed E-state index contributed by atoms with van der Waals surface area (Å²) in [5, 5.41) is 3.74. The lowest BCUT2D eigenvalue weighted by Gasteiger charge is -2.21. The fourth-order valence-electron chi connectivity index (χ4n) is 1.44. The monoisotopic (exact) mass is 397 g/mol. The molecule has 4 nitrogen and oxygen atoms in total. The van der Waals surface area contributed by atoms with Gasteiger partial charge < -0.3 is 15.8 Å². The predicted octanol–water partition coefficient (Wildman–Crippen LogP) is 3.17. The van der Waals surface area contributed by atoms with Crippen molar-refractivity contribution in [3.63, 3.8) is 0 Å². The Morgan fingerprint density at radius 2 is 2.05 bits per heavy atom. The third-order valence-electron chi connectivity index (χ3n) is 2.17. The summed E-state index contributed by atoms with van der Waals surface area (Å²) in [7, 11) is 1.61. The number of aliphatic imine (C=N–C) groups is 1. The second-order valence-corrected chi connectivity index (χ2v) is 5.47. The minimum Gasteiger partial charge on any atom is -0.496 e. The maximum atomic E-state index is 5.89. The topological polar surface area (TPSA) is 59.6 Å². The number of ether oxygens (including phenoxy) is 1. The van der Waals surface area contributed by atoms with Gasteiger partial charge in [0.15, 0.2) is 5.96 Å². The Morgan fingerprint density at radius 1 is 1.42 bits per heavy atom. The first kappa shape index (κ1) is 18.3. The summed E-state index contributed by atoms with van der Waals surface area (Å²) in [6, 6.07) is 5.46. The molecular weight excluding hydrogens is 377 g/mol. The maximum absolute atomic E-state index is 5.89. The van der Waals surface area contributed by atoms with Gasteiger partial charge in [-0.2, -0.15) is 0 Å². The highest BCUT2D eigenvalue weighted by atomic mass is 127. The normalized spacial score (nSPS) is 11.7. The van der Waals surface area contributed by atoms with E-state index in [2.05, 4.69) is 10.3 Å². The van der Waals surface area contributed by atoms with Gasteiger partial charge in [0.1, 0.15) is 5.75 Å². The molecule has 0 aliphatic carbocycles. The molecule has 0 aromatic heterocycles. The van der Waals surface area contributed by atoms with Crippen molar-refractivity contribution in [2.75, 3.05) is 7.11 Å². The lowest BCUT2D eigenvalue weighted by Crippen LogP contribution is -2.44. The Hall–Kier alpha value is -0.690. The second-order valence-electron chi connectivity index (χ2n) is 5.03. The van der Waals surface area contributed by atoms with Gasteiger partial charge in [0, 0.05) is 16.1 Å². The molecule has 0 aliphatic rings. The van der Waals surface area contributed by atoms with Crippen LogP contribution in [0.5, 0.6) is 5.75 Å². The van der Waals surface area contributed by atoms with Crippen molar-refractivity contribution in [1.82, 2.24) is 5.32 Å². The van der Waals surface area contributed by atoms with E-state index >= 15 is 0 Å². The molecule has 1 aromatic rings. The van der Waals surface area contributed by atoms with Crippen LogP contribution in [0, 0.1) is 0 Å². The van der Waals surface area contributed by atoms with Gasteiger partial charge in [-0.25, -0.2) is 4.99 Å². The van der Waals surface area contributed by atoms with Crippen LogP contribution >= 0.6 is 35.6 Å². The van der Waals surface area contributed by atoms with Crippen LogP contribution in [0.25, 0.3) is 0 Å². The van der Waals surface area contributed by atoms with Crippen molar-refractivity contribution in [2.45, 2.75) is 32.9 Å². The highest BCUT2D eigenvalue weighted by molar-refractivity contribution is 14.0. The number of nitrogens with one attached hydrogen (secondary N) is 1. The van der Waals surface area contributed by atoms with Crippen LogP contribution in [0.3, 0.4) is 0 Å². The van der Waals surface area contributed by atoms with Gasteiger partial charge in [0.2, 0.25) is 0 Å². The van der Waals surface area contributed by atoms with E-state index < -0.39 is 0 Å². The van der Waals surface area contributed by atoms with Crippen LogP contribution < -0.4 is 15.8 Å². The molecule has 0 fully saturated rings. The van der Waals surface area contributed by atoms with Crippen LogP contribution in [0.4, 0.5) is 0 Å². The molecule has 1 rings (SSSR count). The number of hydrogen-bond acceptors (Lipinski definition) is 2. The maximum Gasteiger partial charge on any atom is 0.189 e. The van der Waals surface area contributed by atoms with Gasteiger partial charge in [-0.1, -0.05) is 17.7 Å². The first-order valence-electron chi connectivity index (χ1n) is 5.72. The average molecular weight is 398 g/mol. The smallest absolute Gasteiger partial charge is 0.189 e. The van der Waals surface area contributed by atoms with E-state index in [4.69, 9.17) is 22.1 Å². The van der Waals surface area contributed by atoms with Gasteiger partial charge in [0.05, 0.1) is 13.7 Å². The molecule has 0 amide bonds. The van der Waals surface area contributed by atoms with Crippen molar-refractivity contribution in [3.8, 4) is 5.75 Å². The van der Waals surface area contributed by atoms with E-state index in [-0.39, 0.29) is 29.5 Å². The fraction of sp³-hybridized carbons (Fsp3) is 0.462. The van der Waals surface area contributed by atoms with Gasteiger partial charge >= 0.3 is 0 Å². The van der Waals surface area contributed by atoms with Gasteiger partial charge in [-0.05, 0) is 32.9 Å². The van der Waals surface area contributed by atoms with E-state index in [1.165, 1.54) is 0 Å². The van der Waals surface area contributed by atoms with E-state index in [0.717, 1.165) is 11.3 Å². The third kappa shape index (κ3) is 6.87. The van der Waals surface area contributed by atoms with Crippen molar-refractivity contribution >= 4 is 41.5 Å². The number of hydrogen-bond donors (Lipinski definition) is 2. The third-order valence-corrected chi connectivity index (χ3v) is 2.41. The number of nitrogens with zero attached hydrogens (tertiary/aromatic N) is 1. The molecule has 0 bridgehead atoms. The average Bonchev–Trinajstić information content (AvgIpc) is 2.24. The molecule has 3 N–H and O–H groups in total. The Bertz CT molecular complexity index is 444. The number of benzene rings is 1. The van der Waals surface area contributed by atoms with E-state index in [9.17, 15) is 0 Å². The Labute approximate surface area is 136 Å². The van der Waals surface area contributed by atoms with Crippen molar-refractivity contribution < 1.29 is 4.74 Å². The minimum absolute atomic E-state index is 0. The molecule has 1 aromatic carbocycles. The zero-order valence-corrected chi connectivity index (χ0v) is 14.7. The number of guanidine groups is 1. The first-order chi connectivity index (χ1) is 8.31. The summed E-state index contributed by atoms with van der Waals surface area (Å²) in [6.07, 6.45) is 0. The molecular formula is C13H21ClIN3O. The Morgan fingerprint density at radius 3 is 2.58 bits per heavy atom. The van der Waals surface area contributed by atoms with E-state index in [1.807, 2.05) is 32.9 Å². The Kier molecular flexibility index (Phi) is 7.51. The van der Waals surface area contributed by atoms with Crippen LogP contribution in [-0.2, 0) is 6.54 Å². The molecule has 0 spiro atoms. The van der Waals surface area contributed by atoms with Gasteiger partial charge in [-0.15, -0.1) is 24.0 Å². The standard InChI is InChI=1S/C13H20ClN3O.HI/c1-13(2,3)17-12(15)16-8-9-5-6-10(14)7-11(9)18-4;/h5-7H,8H2,1-4H3,(H3,15,16,17);1H. The highest BCUT2D eigenvalue weighted by Gasteiger charge is 2.10. The Balaban J connectivity index is 0.00000324. The SMILES string of the molecule is COc1cc(Cl)ccc1CN=C(N)NC(C)(C)C.I. The zero-order valence-electron chi connectivity index (χ0n) is 11.7. The molecule has 0 saturated heterocycles.